The van der Waals surface area contributed by atoms with Crippen LogP contribution in [0.3, 0.4) is 0 Å². The van der Waals surface area contributed by atoms with E-state index in [4.69, 9.17) is 10.9 Å². The molecule has 0 saturated heterocycles. The highest BCUT2D eigenvalue weighted by atomic mass is 32.2. The van der Waals surface area contributed by atoms with E-state index in [1.165, 1.54) is 14.7 Å². The topological polar surface area (TPSA) is 171 Å². The lowest BCUT2D eigenvalue weighted by Gasteiger charge is -2.24. The number of benzene rings is 4. The summed E-state index contributed by atoms with van der Waals surface area (Å²) in [5.41, 5.74) is 9.43. The number of aliphatic hydroxyl groups is 1. The van der Waals surface area contributed by atoms with Gasteiger partial charge in [-0.05, 0) is 62.7 Å². The van der Waals surface area contributed by atoms with Crippen molar-refractivity contribution in [3.63, 3.8) is 0 Å². The molecule has 0 aromatic heterocycles. The number of ketones is 1. The molecule has 13 heteroatoms. The Labute approximate surface area is 274 Å². The maximum Gasteiger partial charge on any atom is 0.264 e. The first-order valence-corrected chi connectivity index (χ1v) is 17.8. The Morgan fingerprint density at radius 3 is 1.77 bits per heavy atom. The SMILES string of the molecule is Cc1ccc(S(=O)(=O)N2CC/C(=N\O)C(=O)c3ccccc32)cc1.Cc1ccc(S(=O)(=O)N2CCC(N)C(O)c3ccccc32)cc1. The number of para-hydroxylation sites is 2. The Hall–Kier alpha value is -4.56. The van der Waals surface area contributed by atoms with Crippen LogP contribution in [0.5, 0.6) is 0 Å². The summed E-state index contributed by atoms with van der Waals surface area (Å²) in [6, 6.07) is 26.2. The van der Waals surface area contributed by atoms with E-state index in [2.05, 4.69) is 5.16 Å². The second-order valence-electron chi connectivity index (χ2n) is 11.4. The predicted octanol–water partition coefficient (Wildman–Crippen LogP) is 4.56. The Balaban J connectivity index is 0.000000185. The predicted molar refractivity (Wildman–Crippen MR) is 180 cm³/mol. The number of sulfonamides is 2. The van der Waals surface area contributed by atoms with E-state index in [9.17, 15) is 26.7 Å². The minimum atomic E-state index is -3.83. The monoisotopic (exact) mass is 676 g/mol. The normalized spacial score (nSPS) is 19.1. The summed E-state index contributed by atoms with van der Waals surface area (Å²) in [5.74, 6) is -0.463. The summed E-state index contributed by atoms with van der Waals surface area (Å²) in [7, 11) is -7.52. The maximum absolute atomic E-state index is 13.0. The number of anilines is 2. The second kappa shape index (κ2) is 13.7. The number of aryl methyl sites for hydroxylation is 2. The summed E-state index contributed by atoms with van der Waals surface area (Å²) >= 11 is 0. The Morgan fingerprint density at radius 1 is 0.723 bits per heavy atom. The molecule has 2 unspecified atom stereocenters. The molecule has 4 aromatic carbocycles. The Bertz CT molecular complexity index is 2010. The molecule has 11 nitrogen and oxygen atoms in total. The van der Waals surface area contributed by atoms with E-state index < -0.39 is 38.0 Å². The number of carbonyl (C=O) groups excluding carboxylic acids is 1. The summed E-state index contributed by atoms with van der Waals surface area (Å²) < 4.78 is 54.7. The Kier molecular flexibility index (Phi) is 9.82. The van der Waals surface area contributed by atoms with Gasteiger partial charge in [0.15, 0.2) is 0 Å². The molecule has 2 atom stereocenters. The number of aliphatic hydroxyl groups excluding tert-OH is 1. The average Bonchev–Trinajstić information content (AvgIpc) is 3.29. The van der Waals surface area contributed by atoms with Gasteiger partial charge in [0.2, 0.25) is 5.78 Å². The van der Waals surface area contributed by atoms with Crippen molar-refractivity contribution < 1.29 is 31.9 Å². The van der Waals surface area contributed by atoms with Crippen LogP contribution < -0.4 is 14.3 Å². The van der Waals surface area contributed by atoms with Gasteiger partial charge in [0.25, 0.3) is 20.0 Å². The van der Waals surface area contributed by atoms with Crippen LogP contribution in [0.15, 0.2) is 112 Å². The second-order valence-corrected chi connectivity index (χ2v) is 15.1. The lowest BCUT2D eigenvalue weighted by Crippen LogP contribution is -2.34. The number of fused-ring (bicyclic) bond motifs is 2. The highest BCUT2D eigenvalue weighted by Crippen LogP contribution is 2.36. The molecule has 246 valence electrons. The lowest BCUT2D eigenvalue weighted by atomic mass is 10.0. The number of nitrogens with two attached hydrogens (primary N) is 1. The van der Waals surface area contributed by atoms with Gasteiger partial charge in [-0.15, -0.1) is 0 Å². The van der Waals surface area contributed by atoms with Crippen molar-refractivity contribution in [3.05, 3.63) is 119 Å². The van der Waals surface area contributed by atoms with Crippen LogP contribution >= 0.6 is 0 Å². The smallest absolute Gasteiger partial charge is 0.264 e. The van der Waals surface area contributed by atoms with Gasteiger partial charge in [-0.3, -0.25) is 13.4 Å². The van der Waals surface area contributed by atoms with Gasteiger partial charge in [-0.1, -0.05) is 70.9 Å². The molecule has 2 heterocycles. The fourth-order valence-corrected chi connectivity index (χ4v) is 8.48. The standard InChI is InChI=1S/C17H16N2O4S.C17H20N2O3S/c1-12-6-8-13(9-7-12)24(22,23)19-11-10-15(18-21)17(20)14-4-2-3-5-16(14)19;1-12-6-8-13(9-7-12)23(21,22)19-11-10-15(18)17(20)14-4-2-3-5-16(14)19/h2-9,21H,10-11H2,1H3;2-9,15,17,20H,10-11,18H2,1H3/b18-15+;. The molecule has 0 bridgehead atoms. The number of rotatable bonds is 4. The van der Waals surface area contributed by atoms with Gasteiger partial charge in [0, 0.05) is 36.7 Å². The number of Topliss-reactive ketones (excluding diaryl/α,β-unsaturated/α-hetero) is 1. The van der Waals surface area contributed by atoms with Crippen LogP contribution in [0.2, 0.25) is 0 Å². The molecule has 0 radical (unpaired) electrons. The minimum Gasteiger partial charge on any atom is -0.411 e. The van der Waals surface area contributed by atoms with Crippen molar-refractivity contribution in [1.29, 1.82) is 0 Å². The van der Waals surface area contributed by atoms with Gasteiger partial charge < -0.3 is 16.0 Å². The molecule has 0 spiro atoms. The zero-order chi connectivity index (χ0) is 33.9. The van der Waals surface area contributed by atoms with Gasteiger partial charge in [-0.25, -0.2) is 16.8 Å². The first kappa shape index (κ1) is 33.8. The number of carbonyl (C=O) groups is 1. The van der Waals surface area contributed by atoms with E-state index in [1.54, 1.807) is 91.0 Å². The van der Waals surface area contributed by atoms with Crippen LogP contribution in [0.25, 0.3) is 0 Å². The van der Waals surface area contributed by atoms with Crippen LogP contribution in [0.1, 0.15) is 46.0 Å². The van der Waals surface area contributed by atoms with Gasteiger partial charge >= 0.3 is 0 Å². The van der Waals surface area contributed by atoms with Crippen molar-refractivity contribution >= 4 is 42.9 Å². The van der Waals surface area contributed by atoms with Crippen molar-refractivity contribution in [1.82, 2.24) is 0 Å². The lowest BCUT2D eigenvalue weighted by molar-refractivity contribution is 0.106. The van der Waals surface area contributed by atoms with E-state index in [0.717, 1.165) is 11.1 Å². The number of nitrogens with zero attached hydrogens (tertiary/aromatic N) is 3. The highest BCUT2D eigenvalue weighted by molar-refractivity contribution is 7.93. The largest absolute Gasteiger partial charge is 0.411 e. The van der Waals surface area contributed by atoms with Crippen molar-refractivity contribution in [2.75, 3.05) is 21.7 Å². The molecule has 4 aromatic rings. The maximum atomic E-state index is 13.0. The summed E-state index contributed by atoms with van der Waals surface area (Å²) in [4.78, 5) is 12.8. The van der Waals surface area contributed by atoms with Crippen LogP contribution in [0, 0.1) is 13.8 Å². The molecule has 2 aliphatic rings. The third kappa shape index (κ3) is 6.79. The van der Waals surface area contributed by atoms with Gasteiger partial charge in [-0.2, -0.15) is 0 Å². The van der Waals surface area contributed by atoms with Crippen LogP contribution in [0.4, 0.5) is 11.4 Å². The summed E-state index contributed by atoms with van der Waals surface area (Å²) in [5, 5.41) is 22.4. The summed E-state index contributed by atoms with van der Waals surface area (Å²) in [6.45, 7) is 4.05. The zero-order valence-electron chi connectivity index (χ0n) is 25.9. The third-order valence-electron chi connectivity index (χ3n) is 8.17. The molecule has 6 rings (SSSR count). The first-order valence-electron chi connectivity index (χ1n) is 14.9. The Morgan fingerprint density at radius 2 is 1.21 bits per heavy atom. The van der Waals surface area contributed by atoms with Crippen molar-refractivity contribution in [2.45, 2.75) is 48.6 Å². The highest BCUT2D eigenvalue weighted by Gasteiger charge is 2.34. The molecule has 47 heavy (non-hydrogen) atoms. The van der Waals surface area contributed by atoms with Crippen LogP contribution in [-0.4, -0.2) is 57.8 Å². The minimum absolute atomic E-state index is 0.0261. The molecular formula is C34H36N4O7S2. The average molecular weight is 677 g/mol. The molecule has 0 saturated carbocycles. The van der Waals surface area contributed by atoms with E-state index in [1.807, 2.05) is 13.8 Å². The molecule has 2 aliphatic heterocycles. The first-order chi connectivity index (χ1) is 22.4. The zero-order valence-corrected chi connectivity index (χ0v) is 27.5. The van der Waals surface area contributed by atoms with E-state index in [0.29, 0.717) is 23.4 Å². The third-order valence-corrected chi connectivity index (χ3v) is 11.8. The van der Waals surface area contributed by atoms with Crippen molar-refractivity contribution in [3.8, 4) is 0 Å². The molecular weight excluding hydrogens is 641 g/mol. The van der Waals surface area contributed by atoms with Crippen LogP contribution in [-0.2, 0) is 20.0 Å². The molecule has 0 fully saturated rings. The van der Waals surface area contributed by atoms with Gasteiger partial charge in [0.1, 0.15) is 5.71 Å². The number of oxime groups is 1. The van der Waals surface area contributed by atoms with Crippen molar-refractivity contribution in [2.24, 2.45) is 10.9 Å². The van der Waals surface area contributed by atoms with E-state index >= 15 is 0 Å². The fraction of sp³-hybridized carbons (Fsp3) is 0.235. The fourth-order valence-electron chi connectivity index (χ4n) is 5.49. The quantitative estimate of drug-likeness (QED) is 0.209. The van der Waals surface area contributed by atoms with E-state index in [-0.39, 0.29) is 40.6 Å². The van der Waals surface area contributed by atoms with Gasteiger partial charge in [0.05, 0.1) is 27.3 Å². The molecule has 4 N–H and O–H groups in total. The summed E-state index contributed by atoms with van der Waals surface area (Å²) in [6.07, 6.45) is -0.444. The molecule has 0 amide bonds. The number of hydrogen-bond donors (Lipinski definition) is 3. The number of hydrogen-bond acceptors (Lipinski definition) is 9. The molecule has 0 aliphatic carbocycles.